The van der Waals surface area contributed by atoms with Gasteiger partial charge in [-0.1, -0.05) is 57.0 Å². The molecule has 0 spiro atoms. The van der Waals surface area contributed by atoms with Gasteiger partial charge in [0, 0.05) is 18.3 Å². The first-order valence-corrected chi connectivity index (χ1v) is 13.7. The van der Waals surface area contributed by atoms with E-state index in [9.17, 15) is 14.4 Å². The molecule has 3 unspecified atom stereocenters. The lowest BCUT2D eigenvalue weighted by Gasteiger charge is -2.33. The van der Waals surface area contributed by atoms with Crippen LogP contribution in [0, 0.1) is 5.92 Å². The normalized spacial score (nSPS) is 17.7. The molecule has 2 heterocycles. The lowest BCUT2D eigenvalue weighted by atomic mass is 9.96. The van der Waals surface area contributed by atoms with Crippen molar-refractivity contribution in [3.63, 3.8) is 0 Å². The number of benzene rings is 1. The van der Waals surface area contributed by atoms with Gasteiger partial charge in [-0.25, -0.2) is 9.78 Å². The number of nitrogens with zero attached hydrogens (tertiary/aromatic N) is 2. The molecule has 1 aliphatic heterocycles. The zero-order chi connectivity index (χ0) is 25.9. The maximum atomic E-state index is 12.9. The topological polar surface area (TPSA) is 101 Å². The smallest absolute Gasteiger partial charge is 0.358 e. The van der Waals surface area contributed by atoms with E-state index in [4.69, 9.17) is 4.74 Å². The number of amides is 2. The molecule has 36 heavy (non-hydrogen) atoms. The quantitative estimate of drug-likeness (QED) is 0.332. The standard InChI is InChI=1S/C27H38N4O4S/c1-4-19(2)24(30-25(32)22-13-8-9-16-31(22)3)26(33)28-15-10-14-23-29-21(18-36-23)27(34)35-17-20-11-6-5-7-12-20/h5-7,11-12,18-19,22,24H,4,8-10,13-17H2,1-3H3,(H,28,33)(H,30,32). The number of aryl methyl sites for hydroxylation is 1. The van der Waals surface area contributed by atoms with Crippen molar-refractivity contribution in [1.82, 2.24) is 20.5 Å². The Kier molecular flexibility index (Phi) is 10.9. The molecule has 0 saturated carbocycles. The van der Waals surface area contributed by atoms with Crippen molar-refractivity contribution in [3.05, 3.63) is 52.0 Å². The van der Waals surface area contributed by atoms with Gasteiger partial charge in [0.05, 0.1) is 11.0 Å². The zero-order valence-corrected chi connectivity index (χ0v) is 22.3. The molecule has 2 N–H and O–H groups in total. The molecule has 1 fully saturated rings. The van der Waals surface area contributed by atoms with E-state index < -0.39 is 12.0 Å². The molecular formula is C27H38N4O4S. The molecule has 1 saturated heterocycles. The average molecular weight is 515 g/mol. The van der Waals surface area contributed by atoms with Crippen molar-refractivity contribution in [2.45, 2.75) is 71.1 Å². The van der Waals surface area contributed by atoms with Gasteiger partial charge >= 0.3 is 5.97 Å². The molecule has 2 amide bonds. The van der Waals surface area contributed by atoms with Crippen LogP contribution < -0.4 is 10.6 Å². The Morgan fingerprint density at radius 3 is 2.72 bits per heavy atom. The fraction of sp³-hybridized carbons (Fsp3) is 0.556. The second kappa shape index (κ2) is 14.1. The van der Waals surface area contributed by atoms with E-state index in [2.05, 4.69) is 20.5 Å². The van der Waals surface area contributed by atoms with E-state index in [0.717, 1.165) is 42.8 Å². The SMILES string of the molecule is CCC(C)C(NC(=O)C1CCCCN1C)C(=O)NCCCc1nc(C(=O)OCc2ccccc2)cs1. The molecule has 9 heteroatoms. The Bertz CT molecular complexity index is 997. The minimum absolute atomic E-state index is 0.0336. The van der Waals surface area contributed by atoms with Gasteiger partial charge in [-0.15, -0.1) is 11.3 Å². The summed E-state index contributed by atoms with van der Waals surface area (Å²) >= 11 is 1.41. The second-order valence-corrected chi connectivity index (χ2v) is 10.4. The molecule has 2 aromatic rings. The van der Waals surface area contributed by atoms with E-state index in [1.165, 1.54) is 11.3 Å². The second-order valence-electron chi connectivity index (χ2n) is 9.45. The van der Waals surface area contributed by atoms with Crippen LogP contribution in [-0.2, 0) is 27.4 Å². The fourth-order valence-corrected chi connectivity index (χ4v) is 5.05. The van der Waals surface area contributed by atoms with E-state index in [0.29, 0.717) is 25.1 Å². The fourth-order valence-electron chi connectivity index (χ4n) is 4.24. The number of aromatic nitrogens is 1. The molecule has 0 aliphatic carbocycles. The lowest BCUT2D eigenvalue weighted by molar-refractivity contribution is -0.133. The number of thiazole rings is 1. The van der Waals surface area contributed by atoms with Crippen LogP contribution in [0.4, 0.5) is 0 Å². The van der Waals surface area contributed by atoms with Gasteiger partial charge in [0.1, 0.15) is 12.6 Å². The van der Waals surface area contributed by atoms with Gasteiger partial charge in [-0.05, 0) is 44.3 Å². The summed E-state index contributed by atoms with van der Waals surface area (Å²) in [6.45, 7) is 5.60. The minimum Gasteiger partial charge on any atom is -0.456 e. The first-order valence-electron chi connectivity index (χ1n) is 12.8. The van der Waals surface area contributed by atoms with E-state index in [1.54, 1.807) is 5.38 Å². The number of rotatable bonds is 12. The highest BCUT2D eigenvalue weighted by atomic mass is 32.1. The highest BCUT2D eigenvalue weighted by molar-refractivity contribution is 7.09. The third-order valence-electron chi connectivity index (χ3n) is 6.71. The number of carbonyl (C=O) groups excluding carboxylic acids is 3. The van der Waals surface area contributed by atoms with Crippen LogP contribution in [0.25, 0.3) is 0 Å². The largest absolute Gasteiger partial charge is 0.456 e. The molecule has 196 valence electrons. The first-order chi connectivity index (χ1) is 17.4. The Labute approximate surface area is 217 Å². The van der Waals surface area contributed by atoms with Gasteiger partial charge in [-0.3, -0.25) is 14.5 Å². The Balaban J connectivity index is 1.43. The third kappa shape index (κ3) is 8.13. The maximum absolute atomic E-state index is 12.9. The van der Waals surface area contributed by atoms with Crippen LogP contribution in [-0.4, -0.2) is 59.9 Å². The number of likely N-dealkylation sites (tertiary alicyclic amines) is 1. The molecule has 0 bridgehead atoms. The van der Waals surface area contributed by atoms with Crippen LogP contribution in [0.3, 0.4) is 0 Å². The monoisotopic (exact) mass is 514 g/mol. The predicted molar refractivity (Wildman–Crippen MR) is 141 cm³/mol. The van der Waals surface area contributed by atoms with Crippen molar-refractivity contribution in [3.8, 4) is 0 Å². The van der Waals surface area contributed by atoms with Crippen molar-refractivity contribution in [1.29, 1.82) is 0 Å². The molecule has 1 aromatic heterocycles. The van der Waals surface area contributed by atoms with Crippen LogP contribution in [0.2, 0.25) is 0 Å². The lowest BCUT2D eigenvalue weighted by Crippen LogP contribution is -2.56. The summed E-state index contributed by atoms with van der Waals surface area (Å²) in [6.07, 6.45) is 5.08. The summed E-state index contributed by atoms with van der Waals surface area (Å²) in [5.74, 6) is -0.621. The molecular weight excluding hydrogens is 476 g/mol. The molecule has 3 rings (SSSR count). The summed E-state index contributed by atoms with van der Waals surface area (Å²) in [4.78, 5) is 44.5. The van der Waals surface area contributed by atoms with Gasteiger partial charge in [0.15, 0.2) is 5.69 Å². The molecule has 1 aromatic carbocycles. The molecule has 3 atom stereocenters. The summed E-state index contributed by atoms with van der Waals surface area (Å²) in [7, 11) is 1.97. The molecule has 0 radical (unpaired) electrons. The average Bonchev–Trinajstić information content (AvgIpc) is 3.37. The van der Waals surface area contributed by atoms with Gasteiger partial charge in [-0.2, -0.15) is 0 Å². The Morgan fingerprint density at radius 2 is 2.00 bits per heavy atom. The number of carbonyl (C=O) groups is 3. The predicted octanol–water partition coefficient (Wildman–Crippen LogP) is 3.56. The molecule has 1 aliphatic rings. The van der Waals surface area contributed by atoms with Crippen molar-refractivity contribution in [2.75, 3.05) is 20.1 Å². The minimum atomic E-state index is -0.552. The van der Waals surface area contributed by atoms with Gasteiger partial charge < -0.3 is 15.4 Å². The number of likely N-dealkylation sites (N-methyl/N-ethyl adjacent to an activating group) is 1. The van der Waals surface area contributed by atoms with Crippen molar-refractivity contribution in [2.24, 2.45) is 5.92 Å². The van der Waals surface area contributed by atoms with Gasteiger partial charge in [0.2, 0.25) is 11.8 Å². The summed E-state index contributed by atoms with van der Waals surface area (Å²) in [5.41, 5.74) is 1.23. The van der Waals surface area contributed by atoms with Crippen LogP contribution in [0.15, 0.2) is 35.7 Å². The summed E-state index contributed by atoms with van der Waals surface area (Å²) < 4.78 is 5.34. The summed E-state index contributed by atoms with van der Waals surface area (Å²) in [5, 5.41) is 8.51. The van der Waals surface area contributed by atoms with Crippen LogP contribution >= 0.6 is 11.3 Å². The van der Waals surface area contributed by atoms with E-state index >= 15 is 0 Å². The Morgan fingerprint density at radius 1 is 1.22 bits per heavy atom. The number of piperidine rings is 1. The van der Waals surface area contributed by atoms with E-state index in [-0.39, 0.29) is 30.4 Å². The zero-order valence-electron chi connectivity index (χ0n) is 21.5. The van der Waals surface area contributed by atoms with Crippen LogP contribution in [0.5, 0.6) is 0 Å². The van der Waals surface area contributed by atoms with Gasteiger partial charge in [0.25, 0.3) is 0 Å². The highest BCUT2D eigenvalue weighted by Crippen LogP contribution is 2.17. The van der Waals surface area contributed by atoms with E-state index in [1.807, 2.05) is 51.2 Å². The Hall–Kier alpha value is -2.78. The van der Waals surface area contributed by atoms with Crippen LogP contribution in [0.1, 0.15) is 67.0 Å². The van der Waals surface area contributed by atoms with Crippen molar-refractivity contribution >= 4 is 29.1 Å². The first kappa shape index (κ1) is 27.8. The molecule has 8 nitrogen and oxygen atoms in total. The third-order valence-corrected chi connectivity index (χ3v) is 7.62. The number of hydrogen-bond donors (Lipinski definition) is 2. The number of nitrogens with one attached hydrogen (secondary N) is 2. The van der Waals surface area contributed by atoms with Crippen molar-refractivity contribution < 1.29 is 19.1 Å². The summed E-state index contributed by atoms with van der Waals surface area (Å²) in [6, 6.07) is 8.80. The highest BCUT2D eigenvalue weighted by Gasteiger charge is 2.31. The number of esters is 1. The number of hydrogen-bond acceptors (Lipinski definition) is 7. The maximum Gasteiger partial charge on any atom is 0.358 e. The number of ether oxygens (including phenoxy) is 1.